The maximum Gasteiger partial charge on any atom is 0.269 e. The van der Waals surface area contributed by atoms with Gasteiger partial charge in [0.2, 0.25) is 0 Å². The number of nitrogens with zero attached hydrogens (tertiary/aromatic N) is 4. The number of piperazine rings is 1. The maximum absolute atomic E-state index is 13.8. The second-order valence-corrected chi connectivity index (χ2v) is 6.25. The summed E-state index contributed by atoms with van der Waals surface area (Å²) < 4.78 is 13.8. The molecule has 1 fully saturated rings. The van der Waals surface area contributed by atoms with Crippen LogP contribution in [0.5, 0.6) is 0 Å². The number of non-ortho nitro benzene ring substituents is 1. The van der Waals surface area contributed by atoms with E-state index in [0.29, 0.717) is 5.69 Å². The van der Waals surface area contributed by atoms with Crippen molar-refractivity contribution in [1.29, 1.82) is 5.26 Å². The third-order valence-electron chi connectivity index (χ3n) is 4.68. The first kappa shape index (κ1) is 17.8. The Morgan fingerprint density at radius 1 is 1.12 bits per heavy atom. The Kier molecular flexibility index (Phi) is 5.44. The molecule has 0 aliphatic carbocycles. The van der Waals surface area contributed by atoms with Crippen LogP contribution >= 0.6 is 0 Å². The fraction of sp³-hybridized carbons (Fsp3) is 0.316. The summed E-state index contributed by atoms with van der Waals surface area (Å²) in [5.41, 5.74) is 1.93. The minimum atomic E-state index is -0.481. The van der Waals surface area contributed by atoms with Crippen molar-refractivity contribution in [2.75, 3.05) is 37.6 Å². The van der Waals surface area contributed by atoms with Crippen LogP contribution in [0.25, 0.3) is 0 Å². The summed E-state index contributed by atoms with van der Waals surface area (Å²) in [7, 11) is 0. The Bertz CT molecular complexity index is 824. The number of hydrogen-bond acceptors (Lipinski definition) is 5. The van der Waals surface area contributed by atoms with E-state index in [4.69, 9.17) is 0 Å². The number of benzene rings is 2. The summed E-state index contributed by atoms with van der Waals surface area (Å²) in [4.78, 5) is 14.6. The van der Waals surface area contributed by atoms with Crippen molar-refractivity contribution < 1.29 is 9.31 Å². The monoisotopic (exact) mass is 354 g/mol. The van der Waals surface area contributed by atoms with Crippen LogP contribution in [0.2, 0.25) is 0 Å². The molecule has 1 saturated heterocycles. The van der Waals surface area contributed by atoms with Crippen LogP contribution in [0.15, 0.2) is 42.5 Å². The van der Waals surface area contributed by atoms with Crippen LogP contribution in [-0.2, 0) is 6.42 Å². The number of nitro benzene ring substituents is 1. The van der Waals surface area contributed by atoms with Crippen molar-refractivity contribution in [2.45, 2.75) is 6.42 Å². The summed E-state index contributed by atoms with van der Waals surface area (Å²) in [6, 6.07) is 13.3. The van der Waals surface area contributed by atoms with Crippen molar-refractivity contribution in [3.05, 3.63) is 69.5 Å². The molecule has 7 heteroatoms. The van der Waals surface area contributed by atoms with E-state index < -0.39 is 10.7 Å². The van der Waals surface area contributed by atoms with Gasteiger partial charge in [0.1, 0.15) is 17.4 Å². The zero-order valence-corrected chi connectivity index (χ0v) is 14.3. The maximum atomic E-state index is 13.8. The molecule has 134 valence electrons. The van der Waals surface area contributed by atoms with Gasteiger partial charge in [0, 0.05) is 44.9 Å². The highest BCUT2D eigenvalue weighted by molar-refractivity contribution is 5.60. The zero-order chi connectivity index (χ0) is 18.5. The molecule has 0 radical (unpaired) electrons. The van der Waals surface area contributed by atoms with E-state index in [0.717, 1.165) is 44.7 Å². The molecule has 0 amide bonds. The number of anilines is 1. The molecule has 0 unspecified atom stereocenters. The van der Waals surface area contributed by atoms with Crippen LogP contribution in [0.4, 0.5) is 15.8 Å². The first-order chi connectivity index (χ1) is 12.6. The number of hydrogen-bond donors (Lipinski definition) is 0. The van der Waals surface area contributed by atoms with Gasteiger partial charge in [-0.15, -0.1) is 0 Å². The van der Waals surface area contributed by atoms with Crippen molar-refractivity contribution in [2.24, 2.45) is 0 Å². The van der Waals surface area contributed by atoms with E-state index in [1.807, 2.05) is 11.0 Å². The molecule has 1 heterocycles. The fourth-order valence-corrected chi connectivity index (χ4v) is 3.17. The molecule has 0 aromatic heterocycles. The van der Waals surface area contributed by atoms with Gasteiger partial charge >= 0.3 is 0 Å². The van der Waals surface area contributed by atoms with E-state index in [9.17, 15) is 19.8 Å². The summed E-state index contributed by atoms with van der Waals surface area (Å²) in [6.07, 6.45) is 0.821. The molecule has 6 nitrogen and oxygen atoms in total. The second kappa shape index (κ2) is 7.93. The van der Waals surface area contributed by atoms with E-state index in [-0.39, 0.29) is 11.3 Å². The molecule has 26 heavy (non-hydrogen) atoms. The SMILES string of the molecule is N#Cc1c(F)cccc1N1CCN(CCc2ccc([N+](=O)[O-])cc2)CC1. The smallest absolute Gasteiger partial charge is 0.269 e. The molecule has 1 aliphatic heterocycles. The first-order valence-electron chi connectivity index (χ1n) is 8.48. The third-order valence-corrected chi connectivity index (χ3v) is 4.68. The second-order valence-electron chi connectivity index (χ2n) is 6.25. The molecule has 2 aromatic rings. The standard InChI is InChI=1S/C19H19FN4O2/c20-18-2-1-3-19(17(18)14-21)23-12-10-22(11-13-23)9-8-15-4-6-16(7-5-15)24(25)26/h1-7H,8-13H2. The average Bonchev–Trinajstić information content (AvgIpc) is 2.67. The van der Waals surface area contributed by atoms with Gasteiger partial charge < -0.3 is 4.90 Å². The number of nitriles is 1. The Morgan fingerprint density at radius 3 is 2.42 bits per heavy atom. The minimum absolute atomic E-state index is 0.103. The van der Waals surface area contributed by atoms with Gasteiger partial charge in [-0.3, -0.25) is 15.0 Å². The van der Waals surface area contributed by atoms with Crippen molar-refractivity contribution >= 4 is 11.4 Å². The van der Waals surface area contributed by atoms with Crippen molar-refractivity contribution in [3.63, 3.8) is 0 Å². The predicted molar refractivity (Wildman–Crippen MR) is 96.6 cm³/mol. The number of halogens is 1. The summed E-state index contributed by atoms with van der Waals surface area (Å²) in [5.74, 6) is -0.481. The van der Waals surface area contributed by atoms with Gasteiger partial charge in [-0.1, -0.05) is 18.2 Å². The molecule has 0 N–H and O–H groups in total. The molecule has 3 rings (SSSR count). The Balaban J connectivity index is 1.54. The van der Waals surface area contributed by atoms with Crippen LogP contribution in [0.3, 0.4) is 0 Å². The zero-order valence-electron chi connectivity index (χ0n) is 14.3. The molecular weight excluding hydrogens is 335 g/mol. The number of nitro groups is 1. The first-order valence-corrected chi connectivity index (χ1v) is 8.48. The largest absolute Gasteiger partial charge is 0.368 e. The van der Waals surface area contributed by atoms with Gasteiger partial charge in [-0.2, -0.15) is 5.26 Å². The van der Waals surface area contributed by atoms with Gasteiger partial charge in [0.05, 0.1) is 10.6 Å². The lowest BCUT2D eigenvalue weighted by Crippen LogP contribution is -2.47. The van der Waals surface area contributed by atoms with E-state index in [1.165, 1.54) is 18.2 Å². The summed E-state index contributed by atoms with van der Waals surface area (Å²) >= 11 is 0. The molecule has 2 aromatic carbocycles. The highest BCUT2D eigenvalue weighted by Crippen LogP contribution is 2.23. The molecule has 0 bridgehead atoms. The van der Waals surface area contributed by atoms with Crippen LogP contribution in [0.1, 0.15) is 11.1 Å². The lowest BCUT2D eigenvalue weighted by Gasteiger charge is -2.36. The topological polar surface area (TPSA) is 73.4 Å². The Morgan fingerprint density at radius 2 is 1.81 bits per heavy atom. The van der Waals surface area contributed by atoms with E-state index in [2.05, 4.69) is 4.90 Å². The quantitative estimate of drug-likeness (QED) is 0.610. The molecule has 0 atom stereocenters. The third kappa shape index (κ3) is 3.98. The lowest BCUT2D eigenvalue weighted by molar-refractivity contribution is -0.384. The lowest BCUT2D eigenvalue weighted by atomic mass is 10.1. The normalized spacial score (nSPS) is 14.8. The fourth-order valence-electron chi connectivity index (χ4n) is 3.17. The van der Waals surface area contributed by atoms with Gasteiger partial charge in [0.15, 0.2) is 0 Å². The van der Waals surface area contributed by atoms with Crippen molar-refractivity contribution in [3.8, 4) is 6.07 Å². The Labute approximate surface area is 151 Å². The predicted octanol–water partition coefficient (Wildman–Crippen LogP) is 2.97. The van der Waals surface area contributed by atoms with Crippen LogP contribution in [-0.4, -0.2) is 42.5 Å². The highest BCUT2D eigenvalue weighted by Gasteiger charge is 2.20. The highest BCUT2D eigenvalue weighted by atomic mass is 19.1. The van der Waals surface area contributed by atoms with Crippen LogP contribution < -0.4 is 4.90 Å². The van der Waals surface area contributed by atoms with Gasteiger partial charge in [0.25, 0.3) is 5.69 Å². The van der Waals surface area contributed by atoms with E-state index in [1.54, 1.807) is 24.3 Å². The Hall–Kier alpha value is -2.98. The molecule has 0 saturated carbocycles. The van der Waals surface area contributed by atoms with Crippen molar-refractivity contribution in [1.82, 2.24) is 4.90 Å². The van der Waals surface area contributed by atoms with Gasteiger partial charge in [-0.25, -0.2) is 4.39 Å². The minimum Gasteiger partial charge on any atom is -0.368 e. The molecule has 0 spiro atoms. The van der Waals surface area contributed by atoms with Gasteiger partial charge in [-0.05, 0) is 24.1 Å². The number of rotatable bonds is 5. The molecule has 1 aliphatic rings. The summed E-state index contributed by atoms with van der Waals surface area (Å²) in [6.45, 7) is 3.99. The molecular formula is C19H19FN4O2. The average molecular weight is 354 g/mol. The summed E-state index contributed by atoms with van der Waals surface area (Å²) in [5, 5.41) is 19.9. The van der Waals surface area contributed by atoms with Crippen LogP contribution in [0, 0.1) is 27.3 Å². The van der Waals surface area contributed by atoms with E-state index >= 15 is 0 Å².